The third kappa shape index (κ3) is 3.43. The van der Waals surface area contributed by atoms with E-state index in [2.05, 4.69) is 20.7 Å². The van der Waals surface area contributed by atoms with Crippen LogP contribution < -0.4 is 29.6 Å². The first kappa shape index (κ1) is 18.4. The Kier molecular flexibility index (Phi) is 6.24. The van der Waals surface area contributed by atoms with Crippen molar-refractivity contribution in [3.05, 3.63) is 52.3 Å². The molecule has 1 heterocycles. The van der Waals surface area contributed by atoms with E-state index in [1.54, 1.807) is 25.1 Å². The van der Waals surface area contributed by atoms with Gasteiger partial charge in [-0.25, -0.2) is 17.2 Å². The molecule has 0 saturated carbocycles. The van der Waals surface area contributed by atoms with Gasteiger partial charge < -0.3 is 6.16 Å². The van der Waals surface area contributed by atoms with E-state index >= 15 is 0 Å². The molecular formula is C13H13BrNNaO4S. The van der Waals surface area contributed by atoms with Crippen LogP contribution in [0.3, 0.4) is 0 Å². The summed E-state index contributed by atoms with van der Waals surface area (Å²) in [7, 11) is -2.50. The van der Waals surface area contributed by atoms with Crippen molar-refractivity contribution in [2.45, 2.75) is 11.8 Å². The molecular weight excluding hydrogens is 369 g/mol. The van der Waals surface area contributed by atoms with Crippen molar-refractivity contribution in [1.29, 1.82) is 0 Å². The molecule has 108 valence electrons. The molecule has 0 fully saturated rings. The van der Waals surface area contributed by atoms with Gasteiger partial charge in [0.05, 0.1) is 17.6 Å². The van der Waals surface area contributed by atoms with Gasteiger partial charge in [0, 0.05) is 6.20 Å². The second kappa shape index (κ2) is 7.11. The van der Waals surface area contributed by atoms with Gasteiger partial charge in [-0.1, -0.05) is 18.2 Å². The summed E-state index contributed by atoms with van der Waals surface area (Å²) in [5.41, 5.74) is 0.718. The van der Waals surface area contributed by atoms with Crippen molar-refractivity contribution in [3.8, 4) is 0 Å². The second-order valence-electron chi connectivity index (χ2n) is 4.06. The molecule has 0 aliphatic rings. The first-order valence-corrected chi connectivity index (χ1v) is 7.89. The molecule has 0 atom stereocenters. The number of methoxy groups -OCH3 is 1. The summed E-state index contributed by atoms with van der Waals surface area (Å²) >= 11 is 3.21. The van der Waals surface area contributed by atoms with Crippen molar-refractivity contribution >= 4 is 31.9 Å². The molecule has 0 amide bonds. The Balaban J connectivity index is 0.00000220. The minimum absolute atomic E-state index is 0. The largest absolute Gasteiger partial charge is 1.00 e. The quantitative estimate of drug-likeness (QED) is 0.540. The Labute approximate surface area is 155 Å². The topological polar surface area (TPSA) is 65.4 Å². The molecule has 2 aromatic rings. The molecule has 5 nitrogen and oxygen atoms in total. The monoisotopic (exact) mass is 381 g/mol. The summed E-state index contributed by atoms with van der Waals surface area (Å²) in [6.45, 7) is 1.65. The molecule has 21 heavy (non-hydrogen) atoms. The zero-order valence-corrected chi connectivity index (χ0v) is 16.2. The van der Waals surface area contributed by atoms with E-state index in [9.17, 15) is 13.2 Å². The molecule has 0 aliphatic carbocycles. The molecule has 0 spiro atoms. The van der Waals surface area contributed by atoms with Crippen LogP contribution in [0.5, 0.6) is 0 Å². The van der Waals surface area contributed by atoms with Crippen LogP contribution in [0.2, 0.25) is 0 Å². The van der Waals surface area contributed by atoms with Crippen LogP contribution in [0.1, 0.15) is 17.3 Å². The third-order valence-corrected chi connectivity index (χ3v) is 5.74. The number of halogens is 1. The van der Waals surface area contributed by atoms with Crippen LogP contribution in [-0.2, 0) is 14.8 Å². The molecule has 2 rings (SSSR count). The molecule has 0 unspecified atom stereocenters. The summed E-state index contributed by atoms with van der Waals surface area (Å²) in [5.74, 6) is -0.579. The minimum atomic E-state index is -3.75. The predicted molar refractivity (Wildman–Crippen MR) is 78.3 cm³/mol. The van der Waals surface area contributed by atoms with Gasteiger partial charge in [0.25, 0.3) is 10.0 Å². The molecule has 0 aliphatic heterocycles. The second-order valence-corrected chi connectivity index (χ2v) is 6.63. The molecule has 0 N–H and O–H groups in total. The molecule has 1 aromatic carbocycles. The standard InChI is InChI=1S/C13H12BrNO4S.Na.H/c1-9-11(13(16)19-2)8-15(12(9)14)20(17,18)10-6-4-3-5-7-10;;/h3-8H,1-2H3;;/q;+1;-1. The van der Waals surface area contributed by atoms with Crippen molar-refractivity contribution in [1.82, 2.24) is 3.97 Å². The summed E-state index contributed by atoms with van der Waals surface area (Å²) in [5, 5.41) is 0. The summed E-state index contributed by atoms with van der Waals surface area (Å²) < 4.78 is 31.0. The summed E-state index contributed by atoms with van der Waals surface area (Å²) in [4.78, 5) is 11.8. The van der Waals surface area contributed by atoms with Gasteiger partial charge in [0.15, 0.2) is 0 Å². The van der Waals surface area contributed by atoms with Crippen molar-refractivity contribution in [2.75, 3.05) is 7.11 Å². The van der Waals surface area contributed by atoms with Gasteiger partial charge in [-0.05, 0) is 40.5 Å². The van der Waals surface area contributed by atoms with Crippen molar-refractivity contribution < 1.29 is 48.9 Å². The fourth-order valence-corrected chi connectivity index (χ4v) is 3.95. The Hall–Kier alpha value is -0.600. The van der Waals surface area contributed by atoms with E-state index in [0.29, 0.717) is 10.2 Å². The van der Waals surface area contributed by atoms with E-state index in [4.69, 9.17) is 0 Å². The first-order chi connectivity index (χ1) is 9.39. The summed E-state index contributed by atoms with van der Waals surface area (Å²) in [6, 6.07) is 8.00. The number of carbonyl (C=O) groups excluding carboxylic acids is 1. The van der Waals surface area contributed by atoms with Crippen LogP contribution in [0.25, 0.3) is 0 Å². The minimum Gasteiger partial charge on any atom is -1.00 e. The Morgan fingerprint density at radius 3 is 2.38 bits per heavy atom. The van der Waals surface area contributed by atoms with E-state index in [1.165, 1.54) is 25.4 Å². The van der Waals surface area contributed by atoms with Gasteiger partial charge in [0.1, 0.15) is 4.60 Å². The van der Waals surface area contributed by atoms with Gasteiger partial charge in [-0.2, -0.15) is 0 Å². The maximum Gasteiger partial charge on any atom is 1.00 e. The van der Waals surface area contributed by atoms with Gasteiger partial charge in [-0.3, -0.25) is 0 Å². The predicted octanol–water partition coefficient (Wildman–Crippen LogP) is -0.301. The third-order valence-electron chi connectivity index (χ3n) is 2.86. The number of benzene rings is 1. The average molecular weight is 382 g/mol. The van der Waals surface area contributed by atoms with E-state index in [0.717, 1.165) is 3.97 Å². The van der Waals surface area contributed by atoms with Crippen LogP contribution in [0, 0.1) is 6.92 Å². The van der Waals surface area contributed by atoms with Crippen LogP contribution in [0.15, 0.2) is 46.0 Å². The van der Waals surface area contributed by atoms with Gasteiger partial charge >= 0.3 is 35.5 Å². The van der Waals surface area contributed by atoms with Crippen LogP contribution >= 0.6 is 15.9 Å². The van der Waals surface area contributed by atoms with Gasteiger partial charge in [-0.15, -0.1) is 0 Å². The molecule has 0 saturated heterocycles. The average Bonchev–Trinajstić information content (AvgIpc) is 2.76. The Bertz CT molecular complexity index is 762. The number of ether oxygens (including phenoxy) is 1. The number of esters is 1. The maximum atomic E-state index is 12.5. The zero-order chi connectivity index (χ0) is 14.9. The molecule has 1 aromatic heterocycles. The van der Waals surface area contributed by atoms with Crippen molar-refractivity contribution in [2.24, 2.45) is 0 Å². The number of carbonyl (C=O) groups is 1. The first-order valence-electron chi connectivity index (χ1n) is 5.66. The summed E-state index contributed by atoms with van der Waals surface area (Å²) in [6.07, 6.45) is 1.26. The smallest absolute Gasteiger partial charge is 1.00 e. The Morgan fingerprint density at radius 1 is 1.29 bits per heavy atom. The van der Waals surface area contributed by atoms with E-state index in [1.807, 2.05) is 0 Å². The zero-order valence-electron chi connectivity index (χ0n) is 12.8. The SMILES string of the molecule is COC(=O)c1cn(S(=O)(=O)c2ccccc2)c(Br)c1C.[H-].[Na+]. The number of hydrogen-bond donors (Lipinski definition) is 0. The van der Waals surface area contributed by atoms with Crippen LogP contribution in [0.4, 0.5) is 0 Å². The normalized spacial score (nSPS) is 10.8. The molecule has 0 radical (unpaired) electrons. The number of hydrogen-bond acceptors (Lipinski definition) is 4. The molecule has 8 heteroatoms. The van der Waals surface area contributed by atoms with Gasteiger partial charge in [0.2, 0.25) is 0 Å². The van der Waals surface area contributed by atoms with Crippen molar-refractivity contribution in [3.63, 3.8) is 0 Å². The number of rotatable bonds is 3. The van der Waals surface area contributed by atoms with E-state index < -0.39 is 16.0 Å². The molecule has 0 bridgehead atoms. The number of nitrogens with zero attached hydrogens (tertiary/aromatic N) is 1. The Morgan fingerprint density at radius 2 is 1.86 bits per heavy atom. The fraction of sp³-hybridized carbons (Fsp3) is 0.154. The maximum absolute atomic E-state index is 12.5. The van der Waals surface area contributed by atoms with E-state index in [-0.39, 0.29) is 41.4 Å². The van der Waals surface area contributed by atoms with Crippen LogP contribution in [-0.4, -0.2) is 25.5 Å². The fourth-order valence-electron chi connectivity index (χ4n) is 1.74. The number of aromatic nitrogens is 1.